The molecule has 1 saturated heterocycles. The Morgan fingerprint density at radius 3 is 2.39 bits per heavy atom. The zero-order chi connectivity index (χ0) is 29.1. The maximum Gasteiger partial charge on any atom is 0.326 e. The minimum absolute atomic E-state index is 0.0100. The standard InChI is InChI=1S/C31H28Cl2N2O5S/c32-25-12-14-27(28(33)18-25)22-9-7-20(8-10-22)16-29(31(37)38)34-30(36)24-6-3-15-35(19-24)41(39,40)26-13-11-21-4-1-2-5-23(21)17-26/h1-2,4-5,7-14,17-18,24,29H,3,6,15-16,19H2,(H,34,36)(H,37,38)/t24?,29-/m0/s1. The molecule has 1 amide bonds. The Labute approximate surface area is 248 Å². The van der Waals surface area contributed by atoms with Gasteiger partial charge in [-0.25, -0.2) is 13.2 Å². The molecule has 7 nitrogen and oxygen atoms in total. The number of nitrogens with one attached hydrogen (secondary N) is 1. The van der Waals surface area contributed by atoms with Crippen LogP contribution in [0, 0.1) is 5.92 Å². The van der Waals surface area contributed by atoms with Gasteiger partial charge in [0.2, 0.25) is 15.9 Å². The Bertz CT molecular complexity index is 1710. The third-order valence-corrected chi connectivity index (χ3v) is 9.77. The molecular formula is C31H28Cl2N2O5S. The summed E-state index contributed by atoms with van der Waals surface area (Å²) < 4.78 is 28.2. The van der Waals surface area contributed by atoms with Gasteiger partial charge in [0, 0.05) is 35.1 Å². The molecule has 41 heavy (non-hydrogen) atoms. The number of halogens is 2. The molecule has 1 aliphatic heterocycles. The molecule has 1 aliphatic rings. The summed E-state index contributed by atoms with van der Waals surface area (Å²) in [6.45, 7) is 0.287. The van der Waals surface area contributed by atoms with Crippen LogP contribution in [-0.2, 0) is 26.0 Å². The Hall–Kier alpha value is -3.43. The fraction of sp³-hybridized carbons (Fsp3) is 0.226. The van der Waals surface area contributed by atoms with Crippen molar-refractivity contribution in [2.75, 3.05) is 13.1 Å². The second-order valence-electron chi connectivity index (χ2n) is 10.1. The quantitative estimate of drug-likeness (QED) is 0.254. The zero-order valence-electron chi connectivity index (χ0n) is 22.0. The molecule has 5 rings (SSSR count). The van der Waals surface area contributed by atoms with Crippen LogP contribution in [0.5, 0.6) is 0 Å². The zero-order valence-corrected chi connectivity index (χ0v) is 24.3. The highest BCUT2D eigenvalue weighted by molar-refractivity contribution is 7.89. The lowest BCUT2D eigenvalue weighted by atomic mass is 9.97. The van der Waals surface area contributed by atoms with Gasteiger partial charge in [0.25, 0.3) is 0 Å². The van der Waals surface area contributed by atoms with Crippen LogP contribution in [0.15, 0.2) is 89.8 Å². The van der Waals surface area contributed by atoms with Crippen LogP contribution in [0.25, 0.3) is 21.9 Å². The Morgan fingerprint density at radius 1 is 0.951 bits per heavy atom. The first kappa shape index (κ1) is 29.1. The largest absolute Gasteiger partial charge is 0.480 e. The van der Waals surface area contributed by atoms with E-state index in [0.29, 0.717) is 29.4 Å². The maximum absolute atomic E-state index is 13.4. The molecule has 0 radical (unpaired) electrons. The number of carbonyl (C=O) groups excluding carboxylic acids is 1. The van der Waals surface area contributed by atoms with E-state index in [-0.39, 0.29) is 17.9 Å². The topological polar surface area (TPSA) is 104 Å². The molecule has 2 atom stereocenters. The van der Waals surface area contributed by atoms with Crippen LogP contribution < -0.4 is 5.32 Å². The third-order valence-electron chi connectivity index (χ3n) is 7.36. The van der Waals surface area contributed by atoms with E-state index in [9.17, 15) is 23.1 Å². The van der Waals surface area contributed by atoms with E-state index in [1.807, 2.05) is 42.5 Å². The van der Waals surface area contributed by atoms with Crippen molar-refractivity contribution in [1.82, 2.24) is 9.62 Å². The van der Waals surface area contributed by atoms with Crippen LogP contribution in [0.2, 0.25) is 10.0 Å². The molecule has 0 aromatic heterocycles. The van der Waals surface area contributed by atoms with Gasteiger partial charge < -0.3 is 10.4 Å². The number of carboxylic acid groups (broad SMARTS) is 1. The fourth-order valence-corrected chi connectivity index (χ4v) is 7.20. The van der Waals surface area contributed by atoms with E-state index in [1.165, 1.54) is 4.31 Å². The van der Waals surface area contributed by atoms with Crippen molar-refractivity contribution in [3.63, 3.8) is 0 Å². The second kappa shape index (κ2) is 12.2. The Morgan fingerprint density at radius 2 is 1.68 bits per heavy atom. The van der Waals surface area contributed by atoms with E-state index in [4.69, 9.17) is 23.2 Å². The summed E-state index contributed by atoms with van der Waals surface area (Å²) in [5, 5.41) is 15.3. The third kappa shape index (κ3) is 6.57. The molecule has 1 fully saturated rings. The van der Waals surface area contributed by atoms with Crippen LogP contribution in [0.3, 0.4) is 0 Å². The molecule has 10 heteroatoms. The molecule has 0 bridgehead atoms. The van der Waals surface area contributed by atoms with E-state index in [0.717, 1.165) is 27.5 Å². The minimum Gasteiger partial charge on any atom is -0.480 e. The van der Waals surface area contributed by atoms with E-state index in [1.54, 1.807) is 42.5 Å². The van der Waals surface area contributed by atoms with Gasteiger partial charge in [0.1, 0.15) is 6.04 Å². The predicted octanol–water partition coefficient (Wildman–Crippen LogP) is 6.03. The summed E-state index contributed by atoms with van der Waals surface area (Å²) in [4.78, 5) is 25.4. The predicted molar refractivity (Wildman–Crippen MR) is 161 cm³/mol. The molecule has 4 aromatic rings. The lowest BCUT2D eigenvalue weighted by Crippen LogP contribution is -2.50. The summed E-state index contributed by atoms with van der Waals surface area (Å²) >= 11 is 12.3. The van der Waals surface area contributed by atoms with Crippen LogP contribution >= 0.6 is 23.2 Å². The van der Waals surface area contributed by atoms with E-state index >= 15 is 0 Å². The highest BCUT2D eigenvalue weighted by Crippen LogP contribution is 2.31. The van der Waals surface area contributed by atoms with Crippen LogP contribution in [0.1, 0.15) is 18.4 Å². The number of rotatable bonds is 8. The Kier molecular flexibility index (Phi) is 8.66. The van der Waals surface area contributed by atoms with E-state index in [2.05, 4.69) is 5.32 Å². The summed E-state index contributed by atoms with van der Waals surface area (Å²) in [6.07, 6.45) is 1.04. The first-order chi connectivity index (χ1) is 19.6. The maximum atomic E-state index is 13.4. The summed E-state index contributed by atoms with van der Waals surface area (Å²) in [6, 6.07) is 23.8. The van der Waals surface area contributed by atoms with Crippen molar-refractivity contribution in [3.05, 3.63) is 101 Å². The number of aliphatic carboxylic acids is 1. The number of carboxylic acids is 1. The summed E-state index contributed by atoms with van der Waals surface area (Å²) in [5.74, 6) is -2.30. The number of benzene rings is 4. The molecule has 1 heterocycles. The Balaban J connectivity index is 1.25. The monoisotopic (exact) mass is 610 g/mol. The van der Waals surface area contributed by atoms with Gasteiger partial charge >= 0.3 is 5.97 Å². The number of fused-ring (bicyclic) bond motifs is 1. The number of sulfonamides is 1. The van der Waals surface area contributed by atoms with Crippen molar-refractivity contribution in [2.45, 2.75) is 30.2 Å². The average molecular weight is 612 g/mol. The van der Waals surface area contributed by atoms with E-state index < -0.39 is 33.9 Å². The minimum atomic E-state index is -3.83. The molecular weight excluding hydrogens is 583 g/mol. The second-order valence-corrected chi connectivity index (χ2v) is 12.9. The van der Waals surface area contributed by atoms with Crippen molar-refractivity contribution in [1.29, 1.82) is 0 Å². The van der Waals surface area contributed by atoms with Gasteiger partial charge in [0.15, 0.2) is 0 Å². The molecule has 0 spiro atoms. The number of carbonyl (C=O) groups is 2. The lowest BCUT2D eigenvalue weighted by molar-refractivity contribution is -0.142. The SMILES string of the molecule is O=C(N[C@@H](Cc1ccc(-c2ccc(Cl)cc2Cl)cc1)C(=O)O)C1CCCN(S(=O)(=O)c2ccc3ccccc3c2)C1. The number of piperidine rings is 1. The number of hydrogen-bond acceptors (Lipinski definition) is 4. The molecule has 212 valence electrons. The highest BCUT2D eigenvalue weighted by atomic mass is 35.5. The fourth-order valence-electron chi connectivity index (χ4n) is 5.12. The molecule has 2 N–H and O–H groups in total. The first-order valence-electron chi connectivity index (χ1n) is 13.2. The van der Waals surface area contributed by atoms with Gasteiger partial charge in [-0.2, -0.15) is 4.31 Å². The van der Waals surface area contributed by atoms with Gasteiger partial charge in [-0.05, 0) is 59.0 Å². The van der Waals surface area contributed by atoms with Crippen LogP contribution in [0.4, 0.5) is 0 Å². The van der Waals surface area contributed by atoms with Crippen molar-refractivity contribution in [3.8, 4) is 11.1 Å². The smallest absolute Gasteiger partial charge is 0.326 e. The average Bonchev–Trinajstić information content (AvgIpc) is 2.97. The van der Waals surface area contributed by atoms with Crippen molar-refractivity contribution in [2.24, 2.45) is 5.92 Å². The van der Waals surface area contributed by atoms with Crippen LogP contribution in [-0.4, -0.2) is 48.8 Å². The van der Waals surface area contributed by atoms with Gasteiger partial charge in [-0.15, -0.1) is 0 Å². The molecule has 1 unspecified atom stereocenters. The summed E-state index contributed by atoms with van der Waals surface area (Å²) in [5.41, 5.74) is 2.36. The number of nitrogens with zero attached hydrogens (tertiary/aromatic N) is 1. The van der Waals surface area contributed by atoms with Crippen molar-refractivity contribution >= 4 is 55.9 Å². The molecule has 0 saturated carbocycles. The number of amides is 1. The number of hydrogen-bond donors (Lipinski definition) is 2. The van der Waals surface area contributed by atoms with Gasteiger partial charge in [0.05, 0.1) is 10.8 Å². The first-order valence-corrected chi connectivity index (χ1v) is 15.4. The van der Waals surface area contributed by atoms with Gasteiger partial charge in [-0.1, -0.05) is 83.9 Å². The summed E-state index contributed by atoms with van der Waals surface area (Å²) in [7, 11) is -3.83. The van der Waals surface area contributed by atoms with Crippen molar-refractivity contribution < 1.29 is 23.1 Å². The molecule has 0 aliphatic carbocycles. The lowest BCUT2D eigenvalue weighted by Gasteiger charge is -2.32. The highest BCUT2D eigenvalue weighted by Gasteiger charge is 2.35. The molecule has 4 aromatic carbocycles. The van der Waals surface area contributed by atoms with Gasteiger partial charge in [-0.3, -0.25) is 4.79 Å². The normalized spacial score (nSPS) is 16.8.